The molecule has 1 aliphatic heterocycles. The molecule has 1 aromatic carbocycles. The summed E-state index contributed by atoms with van der Waals surface area (Å²) < 4.78 is 104. The van der Waals surface area contributed by atoms with E-state index < -0.39 is 69.1 Å². The zero-order valence-corrected chi connectivity index (χ0v) is 18.8. The average Bonchev–Trinajstić information content (AvgIpc) is 2.71. The van der Waals surface area contributed by atoms with Crippen molar-refractivity contribution in [2.75, 3.05) is 36.2 Å². The molecule has 2 N–H and O–H groups in total. The van der Waals surface area contributed by atoms with Crippen molar-refractivity contribution in [1.29, 1.82) is 4.78 Å². The number of rotatable bonds is 4. The second kappa shape index (κ2) is 9.23. The molecule has 0 bridgehead atoms. The van der Waals surface area contributed by atoms with Gasteiger partial charge in [-0.3, -0.25) is 4.79 Å². The smallest absolute Gasteiger partial charge is 0.366 e. The van der Waals surface area contributed by atoms with Crippen LogP contribution in [0.3, 0.4) is 0 Å². The molecule has 2 aromatic rings. The zero-order chi connectivity index (χ0) is 25.5. The Bertz CT molecular complexity index is 1200. The summed E-state index contributed by atoms with van der Waals surface area (Å²) in [6, 6.07) is 3.68. The fourth-order valence-corrected chi connectivity index (χ4v) is 4.07. The molecule has 7 nitrogen and oxygen atoms in total. The monoisotopic (exact) mass is 530 g/mol. The molecule has 1 amide bonds. The van der Waals surface area contributed by atoms with Crippen molar-refractivity contribution in [2.24, 2.45) is 0 Å². The Morgan fingerprint density at radius 2 is 1.94 bits per heavy atom. The van der Waals surface area contributed by atoms with E-state index in [1.807, 2.05) is 0 Å². The van der Waals surface area contributed by atoms with Gasteiger partial charge in [0.2, 0.25) is 0 Å². The Labute approximate surface area is 195 Å². The molecule has 1 aliphatic rings. The molecule has 1 fully saturated rings. The molecule has 0 spiro atoms. The first-order valence-corrected chi connectivity index (χ1v) is 11.8. The molecular weight excluding hydrogens is 514 g/mol. The van der Waals surface area contributed by atoms with E-state index >= 15 is 0 Å². The van der Waals surface area contributed by atoms with Crippen LogP contribution in [-0.4, -0.2) is 53.3 Å². The molecule has 34 heavy (non-hydrogen) atoms. The Hall–Kier alpha value is -2.58. The lowest BCUT2D eigenvalue weighted by atomic mass is 10.0. The average molecular weight is 531 g/mol. The number of benzene rings is 1. The summed E-state index contributed by atoms with van der Waals surface area (Å²) in [4.78, 5) is 17.7. The maximum Gasteiger partial charge on any atom is 0.417 e. The number of pyridine rings is 1. The highest BCUT2D eigenvalue weighted by Gasteiger charge is 2.44. The highest BCUT2D eigenvalue weighted by Crippen LogP contribution is 2.40. The number of nitrogens with one attached hydrogen (secondary N) is 2. The Kier molecular flexibility index (Phi) is 7.06. The predicted molar refractivity (Wildman–Crippen MR) is 112 cm³/mol. The molecular formula is C19H17ClF6N4O3S. The van der Waals surface area contributed by atoms with Crippen molar-refractivity contribution in [3.05, 3.63) is 46.6 Å². The summed E-state index contributed by atoms with van der Waals surface area (Å²) in [5, 5.41) is 1.39. The molecule has 0 saturated carbocycles. The Morgan fingerprint density at radius 1 is 1.26 bits per heavy atom. The van der Waals surface area contributed by atoms with Gasteiger partial charge < -0.3 is 15.0 Å². The van der Waals surface area contributed by atoms with Crippen LogP contribution < -0.4 is 10.2 Å². The minimum absolute atomic E-state index is 0.0222. The van der Waals surface area contributed by atoms with E-state index in [0.717, 1.165) is 23.3 Å². The second-order valence-corrected chi connectivity index (χ2v) is 9.89. The van der Waals surface area contributed by atoms with Crippen LogP contribution in [0, 0.1) is 4.78 Å². The van der Waals surface area contributed by atoms with Crippen LogP contribution in [-0.2, 0) is 20.6 Å². The second-order valence-electron chi connectivity index (χ2n) is 7.37. The molecule has 2 atom stereocenters. The van der Waals surface area contributed by atoms with Crippen molar-refractivity contribution in [3.8, 4) is 0 Å². The summed E-state index contributed by atoms with van der Waals surface area (Å²) in [7, 11) is -3.24. The van der Waals surface area contributed by atoms with Crippen molar-refractivity contribution < 1.29 is 40.1 Å². The van der Waals surface area contributed by atoms with Gasteiger partial charge in [0.1, 0.15) is 5.03 Å². The number of carbonyl (C=O) groups excluding carboxylic acids is 1. The molecule has 0 aliphatic carbocycles. The van der Waals surface area contributed by atoms with Gasteiger partial charge in [0.05, 0.1) is 44.7 Å². The van der Waals surface area contributed by atoms with Crippen LogP contribution in [0.5, 0.6) is 0 Å². The quantitative estimate of drug-likeness (QED) is 0.553. The molecule has 15 heteroatoms. The van der Waals surface area contributed by atoms with Gasteiger partial charge in [-0.2, -0.15) is 26.3 Å². The third-order valence-electron chi connectivity index (χ3n) is 4.80. The summed E-state index contributed by atoms with van der Waals surface area (Å²) in [5.41, 5.74) is -2.13. The normalized spacial score (nSPS) is 18.9. The fourth-order valence-electron chi connectivity index (χ4n) is 3.19. The number of amides is 1. The molecule has 1 aromatic heterocycles. The summed E-state index contributed by atoms with van der Waals surface area (Å²) in [6.07, 6.45) is -9.69. The number of hydrogen-bond donors (Lipinski definition) is 2. The third kappa shape index (κ3) is 5.91. The highest BCUT2D eigenvalue weighted by molar-refractivity contribution is 7.91. The Balaban J connectivity index is 2.04. The lowest BCUT2D eigenvalue weighted by molar-refractivity contribution is -0.221. The number of anilines is 2. The van der Waals surface area contributed by atoms with Crippen LogP contribution in [0.25, 0.3) is 0 Å². The summed E-state index contributed by atoms with van der Waals surface area (Å²) in [5.74, 6) is -0.981. The zero-order valence-electron chi connectivity index (χ0n) is 17.3. The minimum atomic E-state index is -4.92. The van der Waals surface area contributed by atoms with E-state index in [1.54, 1.807) is 0 Å². The molecule has 1 unspecified atom stereocenters. The molecule has 2 heterocycles. The van der Waals surface area contributed by atoms with Crippen LogP contribution >= 0.6 is 11.6 Å². The van der Waals surface area contributed by atoms with Gasteiger partial charge in [-0.1, -0.05) is 11.6 Å². The number of alkyl halides is 6. The summed E-state index contributed by atoms with van der Waals surface area (Å²) in [6.45, 7) is -1.47. The lowest BCUT2D eigenvalue weighted by Gasteiger charge is -2.36. The van der Waals surface area contributed by atoms with Crippen LogP contribution in [0.4, 0.5) is 37.7 Å². The molecule has 0 radical (unpaired) electrons. The fraction of sp³-hybridized carbons (Fsp3) is 0.368. The predicted octanol–water partition coefficient (Wildman–Crippen LogP) is 4.81. The summed E-state index contributed by atoms with van der Waals surface area (Å²) >= 11 is 5.76. The first-order valence-electron chi connectivity index (χ1n) is 9.42. The van der Waals surface area contributed by atoms with Crippen LogP contribution in [0.1, 0.15) is 15.9 Å². The molecule has 1 saturated heterocycles. The maximum atomic E-state index is 13.4. The molecule has 3 rings (SSSR count). The van der Waals surface area contributed by atoms with E-state index in [4.69, 9.17) is 16.4 Å². The van der Waals surface area contributed by atoms with Gasteiger partial charge in [-0.15, -0.1) is 0 Å². The van der Waals surface area contributed by atoms with Crippen molar-refractivity contribution >= 4 is 38.6 Å². The van der Waals surface area contributed by atoms with E-state index in [1.165, 1.54) is 12.3 Å². The first-order chi connectivity index (χ1) is 15.6. The van der Waals surface area contributed by atoms with Crippen LogP contribution in [0.15, 0.2) is 35.5 Å². The topological polar surface area (TPSA) is 95.4 Å². The molecule has 186 valence electrons. The number of nitrogens with zero attached hydrogens (tertiary/aromatic N) is 2. The van der Waals surface area contributed by atoms with Gasteiger partial charge in [-0.25, -0.2) is 14.0 Å². The van der Waals surface area contributed by atoms with E-state index in [2.05, 4.69) is 15.0 Å². The number of carbonyl (C=O) groups is 1. The van der Waals surface area contributed by atoms with Crippen molar-refractivity contribution in [1.82, 2.24) is 4.98 Å². The standard InChI is InChI=1S/C19H17ClF6N4O3S/c1-34(27,32)16-6-10(2-3-28-16)29-17(31)11-7-13(20)12(18(21,22)23)8-14(11)30-4-5-33-15(9-30)19(24,25)26/h2-3,6-8,15,27H,4-5,9H2,1H3,(H,28,29,31)/t15?,34-/m1/s1. The number of aromatic nitrogens is 1. The van der Waals surface area contributed by atoms with Gasteiger partial charge in [0.25, 0.3) is 5.91 Å². The van der Waals surface area contributed by atoms with Gasteiger partial charge >= 0.3 is 12.4 Å². The van der Waals surface area contributed by atoms with Gasteiger partial charge in [0.15, 0.2) is 6.10 Å². The number of hydrogen-bond acceptors (Lipinski definition) is 6. The first kappa shape index (κ1) is 26.0. The SMILES string of the molecule is C[S@@](=N)(=O)c1cc(NC(=O)c2cc(Cl)c(C(F)(F)F)cc2N2CCOC(C(F)(F)F)C2)ccn1. The number of ether oxygens (including phenoxy) is 1. The van der Waals surface area contributed by atoms with Gasteiger partial charge in [0, 0.05) is 24.7 Å². The number of halogens is 7. The van der Waals surface area contributed by atoms with Gasteiger partial charge in [-0.05, 0) is 24.3 Å². The largest absolute Gasteiger partial charge is 0.417 e. The Morgan fingerprint density at radius 3 is 2.53 bits per heavy atom. The van der Waals surface area contributed by atoms with Crippen molar-refractivity contribution in [3.63, 3.8) is 0 Å². The minimum Gasteiger partial charge on any atom is -0.366 e. The van der Waals surface area contributed by atoms with Crippen LogP contribution in [0.2, 0.25) is 5.02 Å². The number of morpholine rings is 1. The van der Waals surface area contributed by atoms with E-state index in [0.29, 0.717) is 6.07 Å². The van der Waals surface area contributed by atoms with E-state index in [9.17, 15) is 35.3 Å². The maximum absolute atomic E-state index is 13.4. The van der Waals surface area contributed by atoms with Crippen molar-refractivity contribution in [2.45, 2.75) is 23.5 Å². The lowest BCUT2D eigenvalue weighted by Crippen LogP contribution is -2.49. The highest BCUT2D eigenvalue weighted by atomic mass is 35.5. The third-order valence-corrected chi connectivity index (χ3v) is 6.13. The van der Waals surface area contributed by atoms with E-state index in [-0.39, 0.29) is 17.3 Å².